The van der Waals surface area contributed by atoms with Gasteiger partial charge in [0.1, 0.15) is 6.61 Å². The molecule has 0 aliphatic heterocycles. The van der Waals surface area contributed by atoms with Crippen LogP contribution in [0.4, 0.5) is 0 Å². The average molecular weight is 259 g/mol. The van der Waals surface area contributed by atoms with E-state index in [2.05, 4.69) is 41.6 Å². The Morgan fingerprint density at radius 2 is 2.16 bits per heavy atom. The van der Waals surface area contributed by atoms with Crippen molar-refractivity contribution in [3.63, 3.8) is 0 Å². The van der Waals surface area contributed by atoms with Gasteiger partial charge in [-0.25, -0.2) is 0 Å². The lowest BCUT2D eigenvalue weighted by atomic mass is 10.1. The van der Waals surface area contributed by atoms with Crippen molar-refractivity contribution < 1.29 is 4.74 Å². The highest BCUT2D eigenvalue weighted by atomic mass is 16.5. The van der Waals surface area contributed by atoms with Gasteiger partial charge < -0.3 is 10.1 Å². The average Bonchev–Trinajstić information content (AvgIpc) is 2.86. The van der Waals surface area contributed by atoms with Gasteiger partial charge in [-0.15, -0.1) is 0 Å². The first-order chi connectivity index (χ1) is 9.31. The predicted molar refractivity (Wildman–Crippen MR) is 76.1 cm³/mol. The fourth-order valence-electron chi connectivity index (χ4n) is 1.97. The number of hydrogen-bond acceptors (Lipinski definition) is 3. The molecular formula is C15H21N3O. The van der Waals surface area contributed by atoms with E-state index in [1.54, 1.807) is 6.20 Å². The molecule has 2 aromatic rings. The van der Waals surface area contributed by atoms with E-state index in [0.717, 1.165) is 25.3 Å². The minimum atomic E-state index is 0.579. The second-order valence-corrected chi connectivity index (χ2v) is 4.58. The van der Waals surface area contributed by atoms with E-state index in [4.69, 9.17) is 4.74 Å². The van der Waals surface area contributed by atoms with E-state index >= 15 is 0 Å². The number of nitrogens with zero attached hydrogens (tertiary/aromatic N) is 2. The minimum absolute atomic E-state index is 0.579. The van der Waals surface area contributed by atoms with E-state index < -0.39 is 0 Å². The van der Waals surface area contributed by atoms with E-state index in [0.29, 0.717) is 6.61 Å². The molecule has 0 saturated heterocycles. The molecule has 0 radical (unpaired) electrons. The number of hydrogen-bond donors (Lipinski definition) is 1. The molecule has 1 aromatic carbocycles. The third-order valence-electron chi connectivity index (χ3n) is 2.84. The van der Waals surface area contributed by atoms with Crippen LogP contribution < -0.4 is 10.1 Å². The molecule has 0 spiro atoms. The van der Waals surface area contributed by atoms with Crippen molar-refractivity contribution in [2.24, 2.45) is 0 Å². The summed E-state index contributed by atoms with van der Waals surface area (Å²) < 4.78 is 7.66. The maximum absolute atomic E-state index is 5.75. The van der Waals surface area contributed by atoms with Gasteiger partial charge in [-0.1, -0.05) is 31.2 Å². The van der Waals surface area contributed by atoms with E-state index in [1.165, 1.54) is 11.1 Å². The van der Waals surface area contributed by atoms with E-state index in [1.807, 2.05) is 17.9 Å². The smallest absolute Gasteiger partial charge is 0.157 e. The molecule has 0 atom stereocenters. The number of benzene rings is 1. The summed E-state index contributed by atoms with van der Waals surface area (Å²) in [6.45, 7) is 4.52. The van der Waals surface area contributed by atoms with Crippen molar-refractivity contribution in [2.75, 3.05) is 7.05 Å². The van der Waals surface area contributed by atoms with Crippen LogP contribution >= 0.6 is 0 Å². The largest absolute Gasteiger partial charge is 0.486 e. The zero-order valence-corrected chi connectivity index (χ0v) is 11.6. The van der Waals surface area contributed by atoms with Crippen LogP contribution in [0.3, 0.4) is 0 Å². The SMILES string of the molecule is CCCn1cc(OCc2cccc(CNC)c2)cn1. The molecule has 0 bridgehead atoms. The Morgan fingerprint density at radius 1 is 1.32 bits per heavy atom. The van der Waals surface area contributed by atoms with E-state index in [-0.39, 0.29) is 0 Å². The summed E-state index contributed by atoms with van der Waals surface area (Å²) in [4.78, 5) is 0. The van der Waals surface area contributed by atoms with Crippen LogP contribution in [0.5, 0.6) is 5.75 Å². The maximum atomic E-state index is 5.75. The highest BCUT2D eigenvalue weighted by Gasteiger charge is 2.00. The Hall–Kier alpha value is -1.81. The number of rotatable bonds is 7. The molecule has 0 saturated carbocycles. The first-order valence-corrected chi connectivity index (χ1v) is 6.69. The van der Waals surface area contributed by atoms with Crippen molar-refractivity contribution in [1.29, 1.82) is 0 Å². The highest BCUT2D eigenvalue weighted by Crippen LogP contribution is 2.12. The van der Waals surface area contributed by atoms with Gasteiger partial charge in [-0.3, -0.25) is 4.68 Å². The summed E-state index contributed by atoms with van der Waals surface area (Å²) >= 11 is 0. The molecule has 0 unspecified atom stereocenters. The van der Waals surface area contributed by atoms with Crippen molar-refractivity contribution in [1.82, 2.24) is 15.1 Å². The molecule has 1 N–H and O–H groups in total. The van der Waals surface area contributed by atoms with Crippen molar-refractivity contribution in [2.45, 2.75) is 33.0 Å². The Bertz CT molecular complexity index is 508. The second kappa shape index (κ2) is 6.95. The Kier molecular flexibility index (Phi) is 4.98. The molecule has 19 heavy (non-hydrogen) atoms. The Balaban J connectivity index is 1.91. The summed E-state index contributed by atoms with van der Waals surface area (Å²) in [5.74, 6) is 0.826. The lowest BCUT2D eigenvalue weighted by molar-refractivity contribution is 0.305. The molecule has 4 heteroatoms. The van der Waals surface area contributed by atoms with Gasteiger partial charge in [0.15, 0.2) is 5.75 Å². The van der Waals surface area contributed by atoms with E-state index in [9.17, 15) is 0 Å². The summed E-state index contributed by atoms with van der Waals surface area (Å²) in [5.41, 5.74) is 2.45. The first kappa shape index (κ1) is 13.6. The lowest BCUT2D eigenvalue weighted by Crippen LogP contribution is -2.05. The fraction of sp³-hybridized carbons (Fsp3) is 0.400. The molecule has 0 aliphatic carbocycles. The topological polar surface area (TPSA) is 39.1 Å². The van der Waals surface area contributed by atoms with Gasteiger partial charge in [0.25, 0.3) is 0 Å². The summed E-state index contributed by atoms with van der Waals surface area (Å²) in [5, 5.41) is 7.40. The Labute approximate surface area is 114 Å². The van der Waals surface area contributed by atoms with Gasteiger partial charge in [0, 0.05) is 13.1 Å². The molecule has 4 nitrogen and oxygen atoms in total. The quantitative estimate of drug-likeness (QED) is 0.830. The third-order valence-corrected chi connectivity index (χ3v) is 2.84. The minimum Gasteiger partial charge on any atom is -0.486 e. The fourth-order valence-corrected chi connectivity index (χ4v) is 1.97. The van der Waals surface area contributed by atoms with Gasteiger partial charge in [-0.2, -0.15) is 5.10 Å². The monoisotopic (exact) mass is 259 g/mol. The van der Waals surface area contributed by atoms with Crippen molar-refractivity contribution in [3.8, 4) is 5.75 Å². The van der Waals surface area contributed by atoms with Crippen LogP contribution in [0, 0.1) is 0 Å². The maximum Gasteiger partial charge on any atom is 0.157 e. The normalized spacial score (nSPS) is 10.6. The van der Waals surface area contributed by atoms with Crippen LogP contribution in [0.25, 0.3) is 0 Å². The number of ether oxygens (including phenoxy) is 1. The van der Waals surface area contributed by atoms with Crippen LogP contribution in [0.15, 0.2) is 36.7 Å². The second-order valence-electron chi connectivity index (χ2n) is 4.58. The standard InChI is InChI=1S/C15H21N3O/c1-3-7-18-11-15(10-17-18)19-12-14-6-4-5-13(8-14)9-16-2/h4-6,8,10-11,16H,3,7,9,12H2,1-2H3. The summed E-state index contributed by atoms with van der Waals surface area (Å²) in [6.07, 6.45) is 4.79. The van der Waals surface area contributed by atoms with Crippen LogP contribution in [-0.2, 0) is 19.7 Å². The molecule has 0 fully saturated rings. The molecule has 2 rings (SSSR count). The van der Waals surface area contributed by atoms with Crippen molar-refractivity contribution in [3.05, 3.63) is 47.8 Å². The number of nitrogens with one attached hydrogen (secondary N) is 1. The van der Waals surface area contributed by atoms with Gasteiger partial charge in [0.2, 0.25) is 0 Å². The number of aryl methyl sites for hydroxylation is 1. The summed E-state index contributed by atoms with van der Waals surface area (Å²) in [7, 11) is 1.95. The lowest BCUT2D eigenvalue weighted by Gasteiger charge is -2.06. The van der Waals surface area contributed by atoms with Crippen LogP contribution in [0.2, 0.25) is 0 Å². The van der Waals surface area contributed by atoms with Crippen molar-refractivity contribution >= 4 is 0 Å². The molecule has 0 amide bonds. The van der Waals surface area contributed by atoms with Gasteiger partial charge in [0.05, 0.1) is 12.4 Å². The van der Waals surface area contributed by atoms with Crippen LogP contribution in [0.1, 0.15) is 24.5 Å². The molecule has 1 heterocycles. The molecule has 0 aliphatic rings. The highest BCUT2D eigenvalue weighted by molar-refractivity contribution is 5.23. The third kappa shape index (κ3) is 4.10. The molecule has 102 valence electrons. The zero-order chi connectivity index (χ0) is 13.5. The van der Waals surface area contributed by atoms with Gasteiger partial charge in [-0.05, 0) is 24.6 Å². The Morgan fingerprint density at radius 3 is 2.95 bits per heavy atom. The first-order valence-electron chi connectivity index (χ1n) is 6.69. The summed E-state index contributed by atoms with van der Waals surface area (Å²) in [6, 6.07) is 8.41. The zero-order valence-electron chi connectivity index (χ0n) is 11.6. The van der Waals surface area contributed by atoms with Crippen LogP contribution in [-0.4, -0.2) is 16.8 Å². The molecule has 1 aromatic heterocycles. The number of aromatic nitrogens is 2. The van der Waals surface area contributed by atoms with Gasteiger partial charge >= 0.3 is 0 Å². The molecular weight excluding hydrogens is 238 g/mol. The predicted octanol–water partition coefficient (Wildman–Crippen LogP) is 2.59.